The Labute approximate surface area is 173 Å². The summed E-state index contributed by atoms with van der Waals surface area (Å²) in [6.07, 6.45) is 4.38. The van der Waals surface area contributed by atoms with Gasteiger partial charge in [-0.25, -0.2) is 4.79 Å². The molecular formula is C21H27NO6S. The molecule has 0 spiro atoms. The number of hydrogen-bond acceptors (Lipinski definition) is 6. The van der Waals surface area contributed by atoms with Crippen molar-refractivity contribution >= 4 is 34.2 Å². The summed E-state index contributed by atoms with van der Waals surface area (Å²) in [5, 5.41) is 13.0. The third kappa shape index (κ3) is 3.57. The highest BCUT2D eigenvalue weighted by molar-refractivity contribution is 7.17. The molecule has 1 aliphatic carbocycles. The van der Waals surface area contributed by atoms with E-state index in [2.05, 4.69) is 12.2 Å². The van der Waals surface area contributed by atoms with Crippen molar-refractivity contribution in [1.29, 1.82) is 0 Å². The van der Waals surface area contributed by atoms with E-state index in [0.717, 1.165) is 36.1 Å². The second kappa shape index (κ2) is 8.07. The Morgan fingerprint density at radius 1 is 1.17 bits per heavy atom. The van der Waals surface area contributed by atoms with Crippen LogP contribution >= 0.6 is 11.3 Å². The van der Waals surface area contributed by atoms with E-state index in [4.69, 9.17) is 9.47 Å². The lowest BCUT2D eigenvalue weighted by molar-refractivity contribution is -0.147. The Morgan fingerprint density at radius 3 is 2.55 bits per heavy atom. The highest BCUT2D eigenvalue weighted by atomic mass is 32.1. The zero-order valence-electron chi connectivity index (χ0n) is 16.7. The normalized spacial score (nSPS) is 30.1. The van der Waals surface area contributed by atoms with E-state index in [1.165, 1.54) is 11.3 Å². The number of carboxylic acids is 1. The molecule has 2 fully saturated rings. The number of esters is 1. The highest BCUT2D eigenvalue weighted by Crippen LogP contribution is 2.45. The molecule has 0 unspecified atom stereocenters. The minimum absolute atomic E-state index is 0.260. The molecule has 2 aliphatic heterocycles. The Balaban J connectivity index is 1.62. The first-order chi connectivity index (χ1) is 13.9. The number of carbonyl (C=O) groups is 3. The number of anilines is 1. The second-order valence-electron chi connectivity index (χ2n) is 8.11. The molecule has 2 N–H and O–H groups in total. The van der Waals surface area contributed by atoms with Gasteiger partial charge < -0.3 is 19.9 Å². The Bertz CT molecular complexity index is 833. The van der Waals surface area contributed by atoms with E-state index in [1.807, 2.05) is 0 Å². The summed E-state index contributed by atoms with van der Waals surface area (Å²) in [5.74, 6) is -2.79. The third-order valence-corrected chi connectivity index (χ3v) is 7.69. The molecule has 5 atom stereocenters. The fraction of sp³-hybridized carbons (Fsp3) is 0.667. The van der Waals surface area contributed by atoms with Crippen LogP contribution in [0.5, 0.6) is 0 Å². The number of thiophene rings is 1. The number of hydrogen-bond donors (Lipinski definition) is 2. The van der Waals surface area contributed by atoms with Gasteiger partial charge in [-0.2, -0.15) is 0 Å². The summed E-state index contributed by atoms with van der Waals surface area (Å²) >= 11 is 1.43. The van der Waals surface area contributed by atoms with Crippen LogP contribution in [0.25, 0.3) is 0 Å². The third-order valence-electron chi connectivity index (χ3n) is 6.52. The van der Waals surface area contributed by atoms with Crippen molar-refractivity contribution in [1.82, 2.24) is 0 Å². The van der Waals surface area contributed by atoms with Gasteiger partial charge in [0, 0.05) is 4.88 Å². The van der Waals surface area contributed by atoms with Crippen LogP contribution in [0.2, 0.25) is 0 Å². The Kier molecular flexibility index (Phi) is 5.66. The maximum absolute atomic E-state index is 13.1. The SMILES string of the molecule is CCOC(=O)c1c(NC(=O)[C@H]2[C@@H](C(=O)O)[C@@H]3CC[C@@H]2O3)sc2c1CC[C@H](CC)C2. The van der Waals surface area contributed by atoms with Crippen molar-refractivity contribution in [3.05, 3.63) is 16.0 Å². The quantitative estimate of drug-likeness (QED) is 0.684. The molecule has 2 saturated heterocycles. The maximum atomic E-state index is 13.1. The van der Waals surface area contributed by atoms with E-state index >= 15 is 0 Å². The van der Waals surface area contributed by atoms with Crippen LogP contribution < -0.4 is 5.32 Å². The van der Waals surface area contributed by atoms with Crippen LogP contribution in [0.15, 0.2) is 0 Å². The first-order valence-corrected chi connectivity index (χ1v) is 11.3. The van der Waals surface area contributed by atoms with E-state index in [9.17, 15) is 19.5 Å². The van der Waals surface area contributed by atoms with Crippen LogP contribution in [0, 0.1) is 17.8 Å². The van der Waals surface area contributed by atoms with Gasteiger partial charge in [-0.15, -0.1) is 11.3 Å². The molecule has 0 saturated carbocycles. The van der Waals surface area contributed by atoms with Crippen molar-refractivity contribution in [3.8, 4) is 0 Å². The molecular weight excluding hydrogens is 394 g/mol. The summed E-state index contributed by atoms with van der Waals surface area (Å²) in [7, 11) is 0. The van der Waals surface area contributed by atoms with E-state index in [0.29, 0.717) is 29.3 Å². The number of aliphatic carboxylic acids is 1. The fourth-order valence-corrected chi connectivity index (χ4v) is 6.38. The topological polar surface area (TPSA) is 102 Å². The van der Waals surface area contributed by atoms with Gasteiger partial charge in [-0.1, -0.05) is 13.3 Å². The van der Waals surface area contributed by atoms with E-state index < -0.39 is 29.9 Å². The minimum Gasteiger partial charge on any atom is -0.481 e. The summed E-state index contributed by atoms with van der Waals surface area (Å²) in [6, 6.07) is 0. The molecule has 4 rings (SSSR count). The van der Waals surface area contributed by atoms with Gasteiger partial charge in [0.15, 0.2) is 0 Å². The van der Waals surface area contributed by atoms with Gasteiger partial charge >= 0.3 is 11.9 Å². The lowest BCUT2D eigenvalue weighted by Crippen LogP contribution is -2.41. The number of carbonyl (C=O) groups excluding carboxylic acids is 2. The molecule has 8 heteroatoms. The van der Waals surface area contributed by atoms with Gasteiger partial charge in [0.2, 0.25) is 5.91 Å². The molecule has 29 heavy (non-hydrogen) atoms. The van der Waals surface area contributed by atoms with Crippen molar-refractivity contribution in [3.63, 3.8) is 0 Å². The summed E-state index contributed by atoms with van der Waals surface area (Å²) in [4.78, 5) is 38.6. The largest absolute Gasteiger partial charge is 0.481 e. The molecule has 7 nitrogen and oxygen atoms in total. The van der Waals surface area contributed by atoms with Crippen molar-refractivity contribution in [2.45, 2.75) is 64.6 Å². The van der Waals surface area contributed by atoms with Crippen molar-refractivity contribution in [2.24, 2.45) is 17.8 Å². The van der Waals surface area contributed by atoms with E-state index in [1.54, 1.807) is 6.92 Å². The zero-order valence-corrected chi connectivity index (χ0v) is 17.5. The second-order valence-corrected chi connectivity index (χ2v) is 9.22. The zero-order chi connectivity index (χ0) is 20.7. The lowest BCUT2D eigenvalue weighted by atomic mass is 9.78. The standard InChI is InChI=1S/C21H27NO6S/c1-3-10-5-6-11-14(9-10)29-19(15(11)21(26)27-4-2)22-18(23)16-12-7-8-13(28-12)17(16)20(24)25/h10,12-13,16-17H,3-9H2,1-2H3,(H,22,23)(H,24,25)/t10-,12-,13-,16+,17-/m0/s1. The van der Waals surface area contributed by atoms with Crippen LogP contribution in [0.4, 0.5) is 5.00 Å². The van der Waals surface area contributed by atoms with Gasteiger partial charge in [0.25, 0.3) is 0 Å². The van der Waals surface area contributed by atoms with Gasteiger partial charge in [-0.05, 0) is 50.5 Å². The summed E-state index contributed by atoms with van der Waals surface area (Å²) < 4.78 is 11.0. The maximum Gasteiger partial charge on any atom is 0.341 e. The van der Waals surface area contributed by atoms with Crippen LogP contribution in [0.3, 0.4) is 0 Å². The number of rotatable bonds is 6. The number of ether oxygens (including phenoxy) is 2. The predicted octanol–water partition coefficient (Wildman–Crippen LogP) is 3.26. The molecule has 158 valence electrons. The monoisotopic (exact) mass is 421 g/mol. The average molecular weight is 422 g/mol. The van der Waals surface area contributed by atoms with Gasteiger partial charge in [0.1, 0.15) is 5.00 Å². The average Bonchev–Trinajstić information content (AvgIpc) is 3.39. The molecule has 1 aromatic rings. The first-order valence-electron chi connectivity index (χ1n) is 10.4. The molecule has 0 aromatic carbocycles. The summed E-state index contributed by atoms with van der Waals surface area (Å²) in [6.45, 7) is 4.18. The van der Waals surface area contributed by atoms with Crippen molar-refractivity contribution in [2.75, 3.05) is 11.9 Å². The first kappa shape index (κ1) is 20.3. The van der Waals surface area contributed by atoms with Crippen LogP contribution in [-0.4, -0.2) is 41.8 Å². The van der Waals surface area contributed by atoms with E-state index in [-0.39, 0.29) is 18.6 Å². The Hall–Kier alpha value is -1.93. The molecule has 3 heterocycles. The fourth-order valence-electron chi connectivity index (χ4n) is 5.03. The van der Waals surface area contributed by atoms with Gasteiger partial charge in [0.05, 0.1) is 36.2 Å². The smallest absolute Gasteiger partial charge is 0.341 e. The highest BCUT2D eigenvalue weighted by Gasteiger charge is 2.55. The van der Waals surface area contributed by atoms with Gasteiger partial charge in [-0.3, -0.25) is 9.59 Å². The number of carboxylic acid groups (broad SMARTS) is 1. The van der Waals surface area contributed by atoms with Crippen molar-refractivity contribution < 1.29 is 29.0 Å². The number of nitrogens with one attached hydrogen (secondary N) is 1. The molecule has 0 radical (unpaired) electrons. The molecule has 2 bridgehead atoms. The molecule has 1 aromatic heterocycles. The number of fused-ring (bicyclic) bond motifs is 3. The molecule has 3 aliphatic rings. The van der Waals surface area contributed by atoms with Crippen LogP contribution in [-0.2, 0) is 31.9 Å². The number of amides is 1. The Morgan fingerprint density at radius 2 is 1.90 bits per heavy atom. The predicted molar refractivity (Wildman–Crippen MR) is 107 cm³/mol. The minimum atomic E-state index is -1.00. The lowest BCUT2D eigenvalue weighted by Gasteiger charge is -2.23. The molecule has 1 amide bonds. The van der Waals surface area contributed by atoms with Crippen LogP contribution in [0.1, 0.15) is 60.3 Å². The summed E-state index contributed by atoms with van der Waals surface area (Å²) in [5.41, 5.74) is 1.43.